The summed E-state index contributed by atoms with van der Waals surface area (Å²) in [5.41, 5.74) is -0.0180. The van der Waals surface area contributed by atoms with Gasteiger partial charge in [-0.2, -0.15) is 15.0 Å². The molecular formula is C12H23N5O. The van der Waals surface area contributed by atoms with E-state index >= 15 is 0 Å². The topological polar surface area (TPSA) is 63.2 Å². The summed E-state index contributed by atoms with van der Waals surface area (Å²) < 4.78 is 5.36. The summed E-state index contributed by atoms with van der Waals surface area (Å²) in [5, 5.41) is 2.92. The van der Waals surface area contributed by atoms with Gasteiger partial charge in [0.15, 0.2) is 0 Å². The molecule has 1 N–H and O–H groups in total. The predicted octanol–water partition coefficient (Wildman–Crippen LogP) is 1.94. The number of hydrogen-bond donors (Lipinski definition) is 1. The molecule has 0 atom stereocenters. The van der Waals surface area contributed by atoms with Crippen molar-refractivity contribution in [3.63, 3.8) is 0 Å². The van der Waals surface area contributed by atoms with Crippen molar-refractivity contribution in [2.45, 2.75) is 39.7 Å². The maximum absolute atomic E-state index is 5.36. The van der Waals surface area contributed by atoms with Gasteiger partial charge in [-0.3, -0.25) is 0 Å². The maximum Gasteiger partial charge on any atom is 0.323 e. The third-order valence-electron chi connectivity index (χ3n) is 3.17. The van der Waals surface area contributed by atoms with E-state index in [9.17, 15) is 0 Å². The Kier molecular flexibility index (Phi) is 4.69. The van der Waals surface area contributed by atoms with Gasteiger partial charge < -0.3 is 15.0 Å². The average molecular weight is 253 g/mol. The van der Waals surface area contributed by atoms with Crippen LogP contribution in [0.5, 0.6) is 6.01 Å². The summed E-state index contributed by atoms with van der Waals surface area (Å²) in [7, 11) is 3.76. The highest BCUT2D eigenvalue weighted by atomic mass is 16.5. The van der Waals surface area contributed by atoms with Gasteiger partial charge in [0.05, 0.1) is 6.61 Å². The molecule has 0 saturated carbocycles. The van der Waals surface area contributed by atoms with Crippen LogP contribution in [0.1, 0.15) is 34.1 Å². The van der Waals surface area contributed by atoms with Gasteiger partial charge >= 0.3 is 6.01 Å². The van der Waals surface area contributed by atoms with E-state index in [1.54, 1.807) is 7.05 Å². The quantitative estimate of drug-likeness (QED) is 0.836. The second-order valence-corrected chi connectivity index (χ2v) is 4.65. The second-order valence-electron chi connectivity index (χ2n) is 4.65. The fraction of sp³-hybridized carbons (Fsp3) is 0.750. The molecule has 1 aromatic rings. The lowest BCUT2D eigenvalue weighted by Gasteiger charge is -2.34. The molecule has 0 aliphatic rings. The molecule has 1 rings (SSSR count). The first kappa shape index (κ1) is 14.5. The number of hydrogen-bond acceptors (Lipinski definition) is 6. The van der Waals surface area contributed by atoms with Crippen molar-refractivity contribution in [3.05, 3.63) is 0 Å². The smallest absolute Gasteiger partial charge is 0.323 e. The summed E-state index contributed by atoms with van der Waals surface area (Å²) in [6.07, 6.45) is 0.994. The number of nitrogens with one attached hydrogen (secondary N) is 1. The molecule has 18 heavy (non-hydrogen) atoms. The largest absolute Gasteiger partial charge is 0.464 e. The monoisotopic (exact) mass is 253 g/mol. The van der Waals surface area contributed by atoms with E-state index in [0.717, 1.165) is 6.42 Å². The van der Waals surface area contributed by atoms with Crippen LogP contribution in [-0.2, 0) is 0 Å². The molecule has 0 saturated heterocycles. The van der Waals surface area contributed by atoms with Gasteiger partial charge in [0.25, 0.3) is 0 Å². The SMILES string of the molecule is CCOc1nc(NC)nc(N(C)C(C)(C)CC)n1. The fourth-order valence-electron chi connectivity index (χ4n) is 1.31. The second kappa shape index (κ2) is 5.84. The number of ether oxygens (including phenoxy) is 1. The van der Waals surface area contributed by atoms with Gasteiger partial charge in [0, 0.05) is 19.6 Å². The lowest BCUT2D eigenvalue weighted by atomic mass is 10.0. The van der Waals surface area contributed by atoms with Crippen LogP contribution >= 0.6 is 0 Å². The van der Waals surface area contributed by atoms with Crippen molar-refractivity contribution >= 4 is 11.9 Å². The Balaban J connectivity index is 3.11. The normalized spacial score (nSPS) is 11.2. The Morgan fingerprint density at radius 1 is 1.22 bits per heavy atom. The molecule has 0 amide bonds. The first-order valence-electron chi connectivity index (χ1n) is 6.25. The van der Waals surface area contributed by atoms with Crippen molar-refractivity contribution in [1.82, 2.24) is 15.0 Å². The Hall–Kier alpha value is -1.59. The molecule has 0 bridgehead atoms. The number of nitrogens with zero attached hydrogens (tertiary/aromatic N) is 4. The number of rotatable bonds is 6. The molecule has 1 heterocycles. The van der Waals surface area contributed by atoms with Crippen molar-refractivity contribution < 1.29 is 4.74 Å². The fourth-order valence-corrected chi connectivity index (χ4v) is 1.31. The van der Waals surface area contributed by atoms with Crippen LogP contribution in [0.2, 0.25) is 0 Å². The van der Waals surface area contributed by atoms with Crippen molar-refractivity contribution in [2.24, 2.45) is 0 Å². The van der Waals surface area contributed by atoms with Crippen LogP contribution in [-0.4, -0.2) is 41.2 Å². The summed E-state index contributed by atoms with van der Waals surface area (Å²) in [6.45, 7) is 8.88. The maximum atomic E-state index is 5.36. The van der Waals surface area contributed by atoms with Gasteiger partial charge in [-0.15, -0.1) is 0 Å². The molecule has 0 aliphatic carbocycles. The van der Waals surface area contributed by atoms with Crippen molar-refractivity contribution in [3.8, 4) is 6.01 Å². The molecule has 0 aromatic carbocycles. The molecule has 0 unspecified atom stereocenters. The van der Waals surface area contributed by atoms with E-state index in [2.05, 4.69) is 41.0 Å². The molecule has 102 valence electrons. The first-order chi connectivity index (χ1) is 8.44. The van der Waals surface area contributed by atoms with Crippen LogP contribution in [0.4, 0.5) is 11.9 Å². The standard InChI is InChI=1S/C12H23N5O/c1-7-12(3,4)17(6)10-14-9(13-5)15-11(16-10)18-8-2/h7-8H2,1-6H3,(H,13,14,15,16). The predicted molar refractivity (Wildman–Crippen MR) is 73.3 cm³/mol. The van der Waals surface area contributed by atoms with E-state index in [0.29, 0.717) is 24.5 Å². The first-order valence-corrected chi connectivity index (χ1v) is 6.25. The van der Waals surface area contributed by atoms with E-state index in [-0.39, 0.29) is 5.54 Å². The summed E-state index contributed by atoms with van der Waals surface area (Å²) in [4.78, 5) is 14.9. The van der Waals surface area contributed by atoms with Gasteiger partial charge in [-0.1, -0.05) is 6.92 Å². The Morgan fingerprint density at radius 2 is 1.89 bits per heavy atom. The van der Waals surface area contributed by atoms with E-state index in [1.165, 1.54) is 0 Å². The zero-order valence-corrected chi connectivity index (χ0v) is 12.1. The lowest BCUT2D eigenvalue weighted by Crippen LogP contribution is -2.41. The van der Waals surface area contributed by atoms with Gasteiger partial charge in [-0.05, 0) is 27.2 Å². The average Bonchev–Trinajstić information content (AvgIpc) is 2.37. The molecule has 6 heteroatoms. The van der Waals surface area contributed by atoms with Crippen LogP contribution in [0.25, 0.3) is 0 Å². The van der Waals surface area contributed by atoms with Crippen LogP contribution in [0.3, 0.4) is 0 Å². The Bertz CT molecular complexity index is 394. The highest BCUT2D eigenvalue weighted by Gasteiger charge is 2.24. The van der Waals surface area contributed by atoms with E-state index in [4.69, 9.17) is 4.74 Å². The molecule has 0 spiro atoms. The zero-order valence-electron chi connectivity index (χ0n) is 12.1. The van der Waals surface area contributed by atoms with E-state index in [1.807, 2.05) is 18.9 Å². The summed E-state index contributed by atoms with van der Waals surface area (Å²) in [5.74, 6) is 1.13. The van der Waals surface area contributed by atoms with Crippen LogP contribution < -0.4 is 15.0 Å². The van der Waals surface area contributed by atoms with Crippen LogP contribution in [0.15, 0.2) is 0 Å². The van der Waals surface area contributed by atoms with Gasteiger partial charge in [0.1, 0.15) is 0 Å². The Labute approximate surface area is 109 Å². The zero-order chi connectivity index (χ0) is 13.8. The summed E-state index contributed by atoms with van der Waals surface area (Å²) in [6, 6.07) is 0.352. The summed E-state index contributed by atoms with van der Waals surface area (Å²) >= 11 is 0. The Morgan fingerprint density at radius 3 is 2.39 bits per heavy atom. The minimum absolute atomic E-state index is 0.0180. The van der Waals surface area contributed by atoms with Crippen molar-refractivity contribution in [2.75, 3.05) is 30.9 Å². The third-order valence-corrected chi connectivity index (χ3v) is 3.17. The highest BCUT2D eigenvalue weighted by molar-refractivity contribution is 5.39. The molecular weight excluding hydrogens is 230 g/mol. The molecule has 1 aromatic heterocycles. The van der Waals surface area contributed by atoms with Gasteiger partial charge in [-0.25, -0.2) is 0 Å². The van der Waals surface area contributed by atoms with Crippen LogP contribution in [0, 0.1) is 0 Å². The van der Waals surface area contributed by atoms with Gasteiger partial charge in [0.2, 0.25) is 11.9 Å². The molecule has 0 radical (unpaired) electrons. The number of aromatic nitrogens is 3. The molecule has 0 aliphatic heterocycles. The third kappa shape index (κ3) is 3.21. The molecule has 0 fully saturated rings. The van der Waals surface area contributed by atoms with E-state index < -0.39 is 0 Å². The minimum atomic E-state index is -0.0180. The lowest BCUT2D eigenvalue weighted by molar-refractivity contribution is 0.311. The highest BCUT2D eigenvalue weighted by Crippen LogP contribution is 2.23. The van der Waals surface area contributed by atoms with Crippen molar-refractivity contribution in [1.29, 1.82) is 0 Å². The minimum Gasteiger partial charge on any atom is -0.464 e. The number of anilines is 2. The molecule has 6 nitrogen and oxygen atoms in total.